The van der Waals surface area contributed by atoms with E-state index >= 15 is 0 Å². The van der Waals surface area contributed by atoms with Crippen molar-refractivity contribution in [2.24, 2.45) is 5.92 Å². The Bertz CT molecular complexity index is 981. The molecule has 2 aromatic heterocycles. The van der Waals surface area contributed by atoms with Gasteiger partial charge >= 0.3 is 6.18 Å². The number of alkyl halides is 3. The van der Waals surface area contributed by atoms with E-state index in [9.17, 15) is 18.0 Å². The van der Waals surface area contributed by atoms with E-state index in [1.165, 1.54) is 6.07 Å². The number of hydrogen-bond acceptors (Lipinski definition) is 4. The predicted molar refractivity (Wildman–Crippen MR) is 104 cm³/mol. The number of amides is 1. The number of ether oxygens (including phenoxy) is 1. The fraction of sp³-hybridized carbons (Fsp3) is 0.400. The zero-order valence-electron chi connectivity index (χ0n) is 15.6. The van der Waals surface area contributed by atoms with Crippen molar-refractivity contribution in [1.29, 1.82) is 0 Å². The van der Waals surface area contributed by atoms with Crippen molar-refractivity contribution >= 4 is 28.3 Å². The number of imidazole rings is 1. The van der Waals surface area contributed by atoms with Crippen LogP contribution in [-0.2, 0) is 4.79 Å². The van der Waals surface area contributed by atoms with Crippen LogP contribution in [0.15, 0.2) is 36.4 Å². The maximum atomic E-state index is 12.4. The van der Waals surface area contributed by atoms with Crippen molar-refractivity contribution in [3.8, 4) is 5.06 Å². The van der Waals surface area contributed by atoms with E-state index in [0.29, 0.717) is 6.42 Å². The Balaban J connectivity index is 1.27. The van der Waals surface area contributed by atoms with Crippen molar-refractivity contribution in [2.45, 2.75) is 37.9 Å². The quantitative estimate of drug-likeness (QED) is 0.566. The van der Waals surface area contributed by atoms with Crippen LogP contribution >= 0.6 is 11.3 Å². The highest BCUT2D eigenvalue weighted by molar-refractivity contribution is 7.13. The summed E-state index contributed by atoms with van der Waals surface area (Å²) in [6.07, 6.45) is -3.06. The van der Waals surface area contributed by atoms with E-state index in [0.717, 1.165) is 39.5 Å². The Labute approximate surface area is 169 Å². The van der Waals surface area contributed by atoms with Gasteiger partial charge in [-0.25, -0.2) is 4.98 Å². The molecule has 2 N–H and O–H groups in total. The second-order valence-corrected chi connectivity index (χ2v) is 8.37. The number of hydrogen-bond donors (Lipinski definition) is 2. The number of fused-ring (bicyclic) bond motifs is 1. The van der Waals surface area contributed by atoms with Gasteiger partial charge in [-0.15, -0.1) is 11.3 Å². The van der Waals surface area contributed by atoms with E-state index in [-0.39, 0.29) is 28.8 Å². The fourth-order valence-electron chi connectivity index (χ4n) is 3.36. The molecule has 1 amide bonds. The number of thiophene rings is 1. The average Bonchev–Trinajstić information content (AvgIpc) is 3.08. The predicted octanol–water partition coefficient (Wildman–Crippen LogP) is 4.94. The number of carbonyl (C=O) groups excluding carboxylic acids is 1. The molecule has 1 aliphatic carbocycles. The average molecular weight is 423 g/mol. The summed E-state index contributed by atoms with van der Waals surface area (Å²) in [5, 5.41) is 3.10. The summed E-state index contributed by atoms with van der Waals surface area (Å²) in [5.74, 6) is 1.35. The van der Waals surface area contributed by atoms with Gasteiger partial charge < -0.3 is 15.0 Å². The van der Waals surface area contributed by atoms with Crippen LogP contribution in [0.4, 0.5) is 13.2 Å². The summed E-state index contributed by atoms with van der Waals surface area (Å²) in [4.78, 5) is 21.0. The molecule has 1 saturated carbocycles. The van der Waals surface area contributed by atoms with Gasteiger partial charge in [-0.3, -0.25) is 4.79 Å². The number of rotatable bonds is 7. The lowest BCUT2D eigenvalue weighted by Crippen LogP contribution is -2.26. The van der Waals surface area contributed by atoms with Gasteiger partial charge in [0.25, 0.3) is 0 Å². The first-order valence-corrected chi connectivity index (χ1v) is 10.1. The van der Waals surface area contributed by atoms with Crippen LogP contribution in [0, 0.1) is 5.92 Å². The fourth-order valence-corrected chi connectivity index (χ4v) is 4.22. The molecule has 154 valence electrons. The van der Waals surface area contributed by atoms with Crippen LogP contribution in [0.1, 0.15) is 42.4 Å². The standard InChI is InChI=1S/C20H20F3N3O2S/c1-11(16-6-7-18(29-16)28-10-20(21,22)23)24-17(27)9-12-8-13(12)19-25-14-4-2-3-5-15(14)26-19/h2-7,11-13H,8-10H2,1H3,(H,24,27)(H,25,26)/t11-,12-,13+/m0/s1. The summed E-state index contributed by atoms with van der Waals surface area (Å²) in [6.45, 7) is 0.486. The lowest BCUT2D eigenvalue weighted by atomic mass is 10.2. The zero-order valence-corrected chi connectivity index (χ0v) is 16.4. The SMILES string of the molecule is C[C@H](NC(=O)C[C@@H]1C[C@H]1c1nc2ccccc2[nH]1)c1ccc(OCC(F)(F)F)s1. The Morgan fingerprint density at radius 2 is 2.14 bits per heavy atom. The van der Waals surface area contributed by atoms with E-state index in [1.807, 2.05) is 24.3 Å². The minimum Gasteiger partial charge on any atom is -0.475 e. The normalized spacial score (nSPS) is 19.9. The molecule has 29 heavy (non-hydrogen) atoms. The molecule has 1 fully saturated rings. The molecule has 1 aromatic carbocycles. The maximum Gasteiger partial charge on any atom is 0.422 e. The first-order chi connectivity index (χ1) is 13.8. The number of benzene rings is 1. The van der Waals surface area contributed by atoms with Crippen molar-refractivity contribution in [1.82, 2.24) is 15.3 Å². The smallest absolute Gasteiger partial charge is 0.422 e. The highest BCUT2D eigenvalue weighted by Gasteiger charge is 2.42. The van der Waals surface area contributed by atoms with Crippen molar-refractivity contribution in [2.75, 3.05) is 6.61 Å². The van der Waals surface area contributed by atoms with Crippen LogP contribution in [0.3, 0.4) is 0 Å². The maximum absolute atomic E-state index is 12.4. The molecule has 0 aliphatic heterocycles. The molecule has 1 aliphatic rings. The number of nitrogens with one attached hydrogen (secondary N) is 2. The van der Waals surface area contributed by atoms with E-state index in [1.54, 1.807) is 13.0 Å². The van der Waals surface area contributed by atoms with Gasteiger partial charge in [0, 0.05) is 17.2 Å². The first-order valence-electron chi connectivity index (χ1n) is 9.32. The summed E-state index contributed by atoms with van der Waals surface area (Å²) in [5.41, 5.74) is 1.92. The number of aromatic amines is 1. The second-order valence-electron chi connectivity index (χ2n) is 7.30. The molecule has 4 rings (SSSR count). The van der Waals surface area contributed by atoms with Gasteiger partial charge in [-0.2, -0.15) is 13.2 Å². The third-order valence-corrected chi connectivity index (χ3v) is 6.09. The molecule has 0 bridgehead atoms. The van der Waals surface area contributed by atoms with Gasteiger partial charge in [-0.05, 0) is 43.5 Å². The molecule has 2 heterocycles. The summed E-state index contributed by atoms with van der Waals surface area (Å²) < 4.78 is 41.4. The summed E-state index contributed by atoms with van der Waals surface area (Å²) in [6, 6.07) is 10.7. The van der Waals surface area contributed by atoms with E-state index < -0.39 is 12.8 Å². The molecule has 9 heteroatoms. The van der Waals surface area contributed by atoms with Crippen LogP contribution in [0.25, 0.3) is 11.0 Å². The lowest BCUT2D eigenvalue weighted by Gasteiger charge is -2.12. The molecular formula is C20H20F3N3O2S. The zero-order chi connectivity index (χ0) is 20.6. The highest BCUT2D eigenvalue weighted by Crippen LogP contribution is 2.48. The summed E-state index contributed by atoms with van der Waals surface area (Å²) in [7, 11) is 0. The van der Waals surface area contributed by atoms with Crippen LogP contribution in [-0.4, -0.2) is 28.7 Å². The molecule has 0 spiro atoms. The topological polar surface area (TPSA) is 67.0 Å². The number of carbonyl (C=O) groups is 1. The molecule has 3 aromatic rings. The van der Waals surface area contributed by atoms with E-state index in [2.05, 4.69) is 15.3 Å². The lowest BCUT2D eigenvalue weighted by molar-refractivity contribution is -0.152. The van der Waals surface area contributed by atoms with Crippen molar-refractivity contribution in [3.63, 3.8) is 0 Å². The molecule has 0 saturated heterocycles. The third kappa shape index (κ3) is 4.90. The minimum atomic E-state index is -4.37. The second kappa shape index (κ2) is 7.70. The van der Waals surface area contributed by atoms with Gasteiger partial charge in [0.15, 0.2) is 11.7 Å². The van der Waals surface area contributed by atoms with E-state index in [4.69, 9.17) is 4.74 Å². The van der Waals surface area contributed by atoms with Crippen LogP contribution in [0.2, 0.25) is 0 Å². The van der Waals surface area contributed by atoms with Gasteiger partial charge in [0.05, 0.1) is 17.1 Å². The van der Waals surface area contributed by atoms with Gasteiger partial charge in [0.2, 0.25) is 5.91 Å². The number of halogens is 3. The molecule has 0 radical (unpaired) electrons. The van der Waals surface area contributed by atoms with Crippen molar-refractivity contribution in [3.05, 3.63) is 47.1 Å². The van der Waals surface area contributed by atoms with Crippen molar-refractivity contribution < 1.29 is 22.7 Å². The number of nitrogens with zero attached hydrogens (tertiary/aromatic N) is 1. The highest BCUT2D eigenvalue weighted by atomic mass is 32.1. The Morgan fingerprint density at radius 3 is 2.90 bits per heavy atom. The Hall–Kier alpha value is -2.55. The monoisotopic (exact) mass is 423 g/mol. The van der Waals surface area contributed by atoms with Gasteiger partial charge in [0.1, 0.15) is 5.82 Å². The van der Waals surface area contributed by atoms with Gasteiger partial charge in [-0.1, -0.05) is 12.1 Å². The Morgan fingerprint density at radius 1 is 1.34 bits per heavy atom. The Kier molecular flexibility index (Phi) is 5.24. The summed E-state index contributed by atoms with van der Waals surface area (Å²) >= 11 is 1.11. The number of para-hydroxylation sites is 2. The molecule has 0 unspecified atom stereocenters. The molecule has 5 nitrogen and oxygen atoms in total. The van der Waals surface area contributed by atoms with Crippen LogP contribution < -0.4 is 10.1 Å². The van der Waals surface area contributed by atoms with Crippen LogP contribution in [0.5, 0.6) is 5.06 Å². The largest absolute Gasteiger partial charge is 0.475 e. The first kappa shape index (κ1) is 19.8. The third-order valence-electron chi connectivity index (χ3n) is 4.91. The minimum absolute atomic E-state index is 0.0766. The number of H-pyrrole nitrogens is 1. The molecule has 3 atom stereocenters. The molecular weight excluding hydrogens is 403 g/mol. The number of aromatic nitrogens is 2.